The van der Waals surface area contributed by atoms with Gasteiger partial charge in [-0.25, -0.2) is 18.9 Å². The van der Waals surface area contributed by atoms with E-state index in [0.717, 1.165) is 49.9 Å². The van der Waals surface area contributed by atoms with Crippen LogP contribution in [0.2, 0.25) is 0 Å². The number of hydrogen-bond acceptors (Lipinski definition) is 14. The van der Waals surface area contributed by atoms with Crippen molar-refractivity contribution < 1.29 is 37.7 Å². The largest absolute Gasteiger partial charge is 0.390 e. The molecule has 0 radical (unpaired) electrons. The van der Waals surface area contributed by atoms with Crippen molar-refractivity contribution in [3.8, 4) is 0 Å². The fraction of sp³-hybridized carbons (Fsp3) is 0.452. The van der Waals surface area contributed by atoms with E-state index in [4.69, 9.17) is 34.3 Å². The number of hydrogen-bond donors (Lipinski definition) is 3. The fourth-order valence-electron chi connectivity index (χ4n) is 12.0. The molecule has 0 saturated carbocycles. The maximum absolute atomic E-state index is 12.9. The Morgan fingerprint density at radius 3 is 1.42 bits per heavy atom. The molecule has 0 aliphatic carbocycles. The van der Waals surface area contributed by atoms with Gasteiger partial charge in [0.1, 0.15) is 35.3 Å². The van der Waals surface area contributed by atoms with Crippen molar-refractivity contribution in [2.75, 3.05) is 23.7 Å². The number of nitrogens with zero attached hydrogens (tertiary/aromatic N) is 6. The van der Waals surface area contributed by atoms with Crippen LogP contribution in [0, 0.1) is 11.8 Å². The average Bonchev–Trinajstić information content (AvgIpc) is 1.60. The molecule has 24 heteroatoms. The maximum Gasteiger partial charge on any atom is 0.351 e. The van der Waals surface area contributed by atoms with Gasteiger partial charge in [0, 0.05) is 50.2 Å². The number of carbonyl (C=O) groups is 2. The number of aliphatic hydroxyl groups excluding tert-OH is 1. The smallest absolute Gasteiger partial charge is 0.351 e. The van der Waals surface area contributed by atoms with Gasteiger partial charge in [0.2, 0.25) is 19.5 Å². The predicted molar refractivity (Wildman–Crippen MR) is 352 cm³/mol. The number of halogens is 1. The highest BCUT2D eigenvalue weighted by Gasteiger charge is 2.60. The van der Waals surface area contributed by atoms with E-state index >= 15 is 0 Å². The van der Waals surface area contributed by atoms with Crippen LogP contribution in [0.3, 0.4) is 0 Å². The zero-order valence-electron chi connectivity index (χ0n) is 49.3. The van der Waals surface area contributed by atoms with Crippen LogP contribution < -0.4 is 22.0 Å². The first-order valence-electron chi connectivity index (χ1n) is 29.0. The minimum atomic E-state index is -1.38. The molecule has 12 rings (SSSR count). The van der Waals surface area contributed by atoms with Crippen LogP contribution in [0.15, 0.2) is 155 Å². The molecule has 4 aromatic carbocycles. The number of benzene rings is 4. The topological polar surface area (TPSA) is 201 Å². The number of carbonyl (C=O) groups excluding carboxylic acids is 2. The van der Waals surface area contributed by atoms with Crippen LogP contribution >= 0.6 is 67.9 Å². The summed E-state index contributed by atoms with van der Waals surface area (Å²) in [5.74, 6) is -0.319. The summed E-state index contributed by atoms with van der Waals surface area (Å²) in [7, 11) is -2.41. The van der Waals surface area contributed by atoms with Crippen molar-refractivity contribution in [1.29, 1.82) is 0 Å². The van der Waals surface area contributed by atoms with E-state index in [2.05, 4.69) is 134 Å². The van der Waals surface area contributed by atoms with E-state index in [-0.39, 0.29) is 100 Å². The second-order valence-electron chi connectivity index (χ2n) is 22.3. The van der Waals surface area contributed by atoms with Crippen molar-refractivity contribution in [2.45, 2.75) is 153 Å². The Morgan fingerprint density at radius 1 is 0.616 bits per heavy atom. The van der Waals surface area contributed by atoms with Gasteiger partial charge in [-0.05, 0) is 84.2 Å². The Balaban J connectivity index is 0.000000199. The molecule has 8 heterocycles. The number of nitrogens with one attached hydrogen (secondary N) is 2. The van der Waals surface area contributed by atoms with Gasteiger partial charge in [-0.15, -0.1) is 0 Å². The first kappa shape index (κ1) is 68.9. The van der Waals surface area contributed by atoms with Crippen LogP contribution in [0.1, 0.15) is 128 Å². The summed E-state index contributed by atoms with van der Waals surface area (Å²) in [6.07, 6.45) is 7.58. The van der Waals surface area contributed by atoms with Crippen molar-refractivity contribution in [2.24, 2.45) is 11.8 Å². The highest BCUT2D eigenvalue weighted by molar-refractivity contribution is 7.78. The molecule has 6 fully saturated rings. The lowest BCUT2D eigenvalue weighted by molar-refractivity contribution is -0.119. The van der Waals surface area contributed by atoms with Crippen LogP contribution in [0.4, 0.5) is 11.6 Å². The van der Waals surface area contributed by atoms with E-state index < -0.39 is 57.3 Å². The van der Waals surface area contributed by atoms with Crippen LogP contribution in [-0.2, 0) is 43.8 Å². The molecule has 6 aliphatic heterocycles. The van der Waals surface area contributed by atoms with Crippen LogP contribution in [0.5, 0.6) is 0 Å². The standard InChI is InChI=1S/C31H37N4O5P.C17H17ClNOP.C14H21N3O4.3H2S/c1-4-24-25(20-28(38-24)34-19-17-27(33-30(34)37)32-29(36)21(2)3)39-41-35-18-11-16-26(35)31(40-41,22-12-7-5-8-13-22)23-14-9-6-10-15-23;18-21-19-13-7-12-16(19)17(20-21,14-8-3-1-4-9-14)15-10-5-2-6-11-15;1-4-10-9(18)7-12(21-10)17-6-5-11(16-14(17)20)15-13(19)8(2)3;;;/h5-10,12-15,17,19,21,24-26,28H,4,11,16,18,20H2,1-3H3,(H,32,33,36,37);1-6,8-11,16H,7,12-13H2;5-6,8-10,12,18H,4,7H2,1-3H3,(H,15,16,19,20);3*1H2/t24-,25-,26+,28-,41+;16-,21?;9-,10-,12-;;;/m101.../s1. The number of aromatic nitrogens is 4. The molecule has 1 unspecified atom stereocenters. The fourth-order valence-corrected chi connectivity index (χ4v) is 16.4. The monoisotopic (exact) mass is 1290 g/mol. The molecule has 2 amide bonds. The Morgan fingerprint density at radius 2 is 1.01 bits per heavy atom. The Hall–Kier alpha value is -4.54. The van der Waals surface area contributed by atoms with Gasteiger partial charge < -0.3 is 38.8 Å². The summed E-state index contributed by atoms with van der Waals surface area (Å²) < 4.78 is 39.9. The Labute approximate surface area is 532 Å². The molecule has 10 atom stereocenters. The van der Waals surface area contributed by atoms with Gasteiger partial charge in [0.05, 0.1) is 36.5 Å². The molecule has 0 spiro atoms. The van der Waals surface area contributed by atoms with Crippen LogP contribution in [-0.4, -0.2) is 95.0 Å². The van der Waals surface area contributed by atoms with Gasteiger partial charge >= 0.3 is 11.4 Å². The summed E-state index contributed by atoms with van der Waals surface area (Å²) >= 11 is 6.57. The molecule has 6 aromatic rings. The van der Waals surface area contributed by atoms with Gasteiger partial charge in [-0.3, -0.25) is 18.7 Å². The van der Waals surface area contributed by atoms with Crippen molar-refractivity contribution in [1.82, 2.24) is 28.4 Å². The normalized spacial score (nSPS) is 25.9. The summed E-state index contributed by atoms with van der Waals surface area (Å²) in [5.41, 5.74) is 2.65. The van der Waals surface area contributed by atoms with E-state index in [1.54, 1.807) is 46.0 Å². The van der Waals surface area contributed by atoms with Gasteiger partial charge in [-0.2, -0.15) is 50.5 Å². The van der Waals surface area contributed by atoms with Gasteiger partial charge in [-0.1, -0.05) is 163 Å². The molecule has 0 bridgehead atoms. The van der Waals surface area contributed by atoms with E-state index in [1.807, 2.05) is 31.2 Å². The second-order valence-corrected chi connectivity index (χ2v) is 25.7. The van der Waals surface area contributed by atoms with Gasteiger partial charge in [0.15, 0.2) is 0 Å². The maximum atomic E-state index is 12.9. The quantitative estimate of drug-likeness (QED) is 0.0870. The zero-order valence-corrected chi connectivity index (χ0v) is 54.8. The molecule has 6 aliphatic rings. The van der Waals surface area contributed by atoms with E-state index in [9.17, 15) is 24.3 Å². The number of rotatable bonds is 14. The average molecular weight is 1290 g/mol. The molecule has 3 N–H and O–H groups in total. The second kappa shape index (κ2) is 30.8. The Bertz CT molecular complexity index is 3200. The highest BCUT2D eigenvalue weighted by atomic mass is 35.7. The molecule has 464 valence electrons. The third kappa shape index (κ3) is 14.5. The number of anilines is 2. The summed E-state index contributed by atoms with van der Waals surface area (Å²) in [6.45, 7) is 13.0. The SMILES string of the molecule is CC[C@H]1O[C@@H](n2ccc(NC(=O)C(C)C)nc2=O)C[C@H]1O.CC[C@H]1O[C@@H](n2ccc(NC(=O)C(C)C)nc2=O)C[C@H]1O[P@@]1OC(c2ccccc2)(c2ccccc2)[C@@H]2CCCN21.ClP1OC(c2ccccc2)(c2ccccc2)[C@@H]2CCCN21.S.S.S. The summed E-state index contributed by atoms with van der Waals surface area (Å²) in [5, 5.41) is 15.1. The number of fused-ring (bicyclic) bond motifs is 2. The third-order valence-corrected chi connectivity index (χ3v) is 20.2. The van der Waals surface area contributed by atoms with Crippen molar-refractivity contribution in [3.05, 3.63) is 189 Å². The molecular formula is C62H81ClN8O10P2S3. The Kier molecular flexibility index (Phi) is 24.7. The van der Waals surface area contributed by atoms with Crippen molar-refractivity contribution in [3.63, 3.8) is 0 Å². The van der Waals surface area contributed by atoms with E-state index in [1.165, 1.54) is 32.9 Å². The van der Waals surface area contributed by atoms with E-state index in [0.29, 0.717) is 25.3 Å². The molecule has 2 aromatic heterocycles. The third-order valence-electron chi connectivity index (χ3n) is 16.3. The lowest BCUT2D eigenvalue weighted by Crippen LogP contribution is -2.40. The number of aliphatic hydroxyl groups is 1. The molecular weight excluding hydrogens is 1210 g/mol. The highest BCUT2D eigenvalue weighted by Crippen LogP contribution is 2.68. The molecule has 86 heavy (non-hydrogen) atoms. The van der Waals surface area contributed by atoms with Crippen LogP contribution in [0.25, 0.3) is 0 Å². The minimum absolute atomic E-state index is 0. The first-order chi connectivity index (χ1) is 40.1. The molecule has 18 nitrogen and oxygen atoms in total. The lowest BCUT2D eigenvalue weighted by atomic mass is 9.79. The van der Waals surface area contributed by atoms with Gasteiger partial charge in [0.25, 0.3) is 8.53 Å². The lowest BCUT2D eigenvalue weighted by Gasteiger charge is -2.34. The summed E-state index contributed by atoms with van der Waals surface area (Å²) in [4.78, 5) is 56.5. The van der Waals surface area contributed by atoms with Crippen molar-refractivity contribution >= 4 is 91.4 Å². The number of ether oxygens (including phenoxy) is 2. The number of amides is 2. The zero-order chi connectivity index (χ0) is 58.4. The minimum Gasteiger partial charge on any atom is -0.390 e. The first-order valence-corrected chi connectivity index (χ1v) is 32.2. The summed E-state index contributed by atoms with van der Waals surface area (Å²) in [6, 6.07) is 45.7. The predicted octanol–water partition coefficient (Wildman–Crippen LogP) is 11.7. The molecule has 6 saturated heterocycles.